The van der Waals surface area contributed by atoms with Gasteiger partial charge in [0.25, 0.3) is 0 Å². The number of ether oxygens (including phenoxy) is 1. The third-order valence-corrected chi connectivity index (χ3v) is 2.36. The molecule has 0 heterocycles. The van der Waals surface area contributed by atoms with Gasteiger partial charge in [-0.1, -0.05) is 36.4 Å². The van der Waals surface area contributed by atoms with E-state index in [2.05, 4.69) is 36.4 Å². The zero-order valence-electron chi connectivity index (χ0n) is 8.29. The van der Waals surface area contributed by atoms with E-state index >= 15 is 0 Å². The Kier molecular flexibility index (Phi) is 2.80. The highest BCUT2D eigenvalue weighted by molar-refractivity contribution is 5.85. The molecule has 0 aliphatic carbocycles. The summed E-state index contributed by atoms with van der Waals surface area (Å²) in [4.78, 5) is 0. The minimum Gasteiger partial charge on any atom is -0.384 e. The van der Waals surface area contributed by atoms with Crippen LogP contribution < -0.4 is 0 Å². The Balaban J connectivity index is 2.43. The maximum atomic E-state index is 5.07. The van der Waals surface area contributed by atoms with E-state index in [-0.39, 0.29) is 0 Å². The van der Waals surface area contributed by atoms with Crippen molar-refractivity contribution in [2.24, 2.45) is 0 Å². The smallest absolute Gasteiger partial charge is 0.0503 e. The molecular formula is C13H13O. The maximum Gasteiger partial charge on any atom is 0.0503 e. The molecule has 0 spiro atoms. The fourth-order valence-electron chi connectivity index (χ4n) is 1.64. The lowest BCUT2D eigenvalue weighted by Gasteiger charge is -2.04. The molecule has 0 fully saturated rings. The molecule has 2 aromatic carbocycles. The normalized spacial score (nSPS) is 10.6. The summed E-state index contributed by atoms with van der Waals surface area (Å²) >= 11 is 0. The second-order valence-electron chi connectivity index (χ2n) is 3.29. The first-order valence-corrected chi connectivity index (χ1v) is 4.79. The van der Waals surface area contributed by atoms with Crippen molar-refractivity contribution in [1.82, 2.24) is 0 Å². The highest BCUT2D eigenvalue weighted by Gasteiger charge is 1.99. The summed E-state index contributed by atoms with van der Waals surface area (Å²) in [5.74, 6) is 0. The van der Waals surface area contributed by atoms with Crippen molar-refractivity contribution in [1.29, 1.82) is 0 Å². The van der Waals surface area contributed by atoms with Gasteiger partial charge in [0, 0.05) is 7.11 Å². The van der Waals surface area contributed by atoms with Crippen molar-refractivity contribution >= 4 is 10.8 Å². The van der Waals surface area contributed by atoms with Gasteiger partial charge in [-0.25, -0.2) is 0 Å². The van der Waals surface area contributed by atoms with Gasteiger partial charge in [-0.3, -0.25) is 0 Å². The Morgan fingerprint density at radius 2 is 2.07 bits per heavy atom. The molecule has 0 aliphatic rings. The second kappa shape index (κ2) is 4.25. The molecule has 2 aromatic rings. The molecule has 71 valence electrons. The van der Waals surface area contributed by atoms with Crippen molar-refractivity contribution in [2.75, 3.05) is 13.7 Å². The Morgan fingerprint density at radius 3 is 2.93 bits per heavy atom. The van der Waals surface area contributed by atoms with Crippen LogP contribution in [0.15, 0.2) is 36.4 Å². The molecule has 2 rings (SSSR count). The van der Waals surface area contributed by atoms with E-state index in [9.17, 15) is 0 Å². The standard InChI is InChI=1S/C13H13O/c1-14-10-9-12-7-4-6-11-5-2-3-8-13(11)12/h2-6,8H,9-10H2,1H3. The minimum absolute atomic E-state index is 0.754. The summed E-state index contributed by atoms with van der Waals surface area (Å²) < 4.78 is 5.07. The summed E-state index contributed by atoms with van der Waals surface area (Å²) in [7, 11) is 1.73. The van der Waals surface area contributed by atoms with Gasteiger partial charge >= 0.3 is 0 Å². The number of methoxy groups -OCH3 is 1. The van der Waals surface area contributed by atoms with Gasteiger partial charge in [-0.2, -0.15) is 0 Å². The van der Waals surface area contributed by atoms with E-state index in [1.807, 2.05) is 6.07 Å². The lowest BCUT2D eigenvalue weighted by atomic mass is 10.0. The molecular weight excluding hydrogens is 172 g/mol. The van der Waals surface area contributed by atoms with Gasteiger partial charge < -0.3 is 4.74 Å². The van der Waals surface area contributed by atoms with Crippen LogP contribution >= 0.6 is 0 Å². The molecule has 14 heavy (non-hydrogen) atoms. The van der Waals surface area contributed by atoms with Crippen LogP contribution in [0.1, 0.15) is 5.56 Å². The number of hydrogen-bond donors (Lipinski definition) is 0. The van der Waals surface area contributed by atoms with E-state index in [1.54, 1.807) is 7.11 Å². The minimum atomic E-state index is 0.754. The predicted molar refractivity (Wildman–Crippen MR) is 58.4 cm³/mol. The summed E-state index contributed by atoms with van der Waals surface area (Å²) in [5, 5.41) is 2.56. The third kappa shape index (κ3) is 1.78. The van der Waals surface area contributed by atoms with Crippen LogP contribution in [-0.4, -0.2) is 13.7 Å². The van der Waals surface area contributed by atoms with Crippen LogP contribution in [0.2, 0.25) is 0 Å². The van der Waals surface area contributed by atoms with Gasteiger partial charge in [0.05, 0.1) is 6.61 Å². The first kappa shape index (κ1) is 9.22. The predicted octanol–water partition coefficient (Wildman–Crippen LogP) is 2.83. The fourth-order valence-corrected chi connectivity index (χ4v) is 1.64. The second-order valence-corrected chi connectivity index (χ2v) is 3.29. The van der Waals surface area contributed by atoms with E-state index < -0.39 is 0 Å². The number of hydrogen-bond acceptors (Lipinski definition) is 1. The van der Waals surface area contributed by atoms with Crippen LogP contribution in [0.4, 0.5) is 0 Å². The molecule has 0 aromatic heterocycles. The van der Waals surface area contributed by atoms with Crippen LogP contribution in [0.3, 0.4) is 0 Å². The van der Waals surface area contributed by atoms with Crippen LogP contribution in [0, 0.1) is 6.07 Å². The quantitative estimate of drug-likeness (QED) is 0.714. The molecule has 1 nitrogen and oxygen atoms in total. The Bertz CT molecular complexity index is 415. The zero-order chi connectivity index (χ0) is 9.80. The molecule has 0 bridgehead atoms. The Labute approximate surface area is 84.3 Å². The SMILES string of the molecule is COCCc1[c]ccc2ccccc12. The molecule has 0 atom stereocenters. The van der Waals surface area contributed by atoms with Crippen LogP contribution in [0.25, 0.3) is 10.8 Å². The van der Waals surface area contributed by atoms with Gasteiger partial charge in [-0.05, 0) is 28.8 Å². The monoisotopic (exact) mass is 185 g/mol. The van der Waals surface area contributed by atoms with E-state index in [1.165, 1.54) is 16.3 Å². The van der Waals surface area contributed by atoms with Gasteiger partial charge in [0.2, 0.25) is 0 Å². The molecule has 0 N–H and O–H groups in total. The van der Waals surface area contributed by atoms with E-state index in [4.69, 9.17) is 4.74 Å². The van der Waals surface area contributed by atoms with Crippen molar-refractivity contribution < 1.29 is 4.74 Å². The fraction of sp³-hybridized carbons (Fsp3) is 0.231. The lowest BCUT2D eigenvalue weighted by Crippen LogP contribution is -1.95. The molecule has 1 heteroatoms. The summed E-state index contributed by atoms with van der Waals surface area (Å²) in [5.41, 5.74) is 1.24. The van der Waals surface area contributed by atoms with E-state index in [0.717, 1.165) is 13.0 Å². The highest BCUT2D eigenvalue weighted by atomic mass is 16.5. The average Bonchev–Trinajstić information content (AvgIpc) is 2.26. The van der Waals surface area contributed by atoms with Gasteiger partial charge in [0.15, 0.2) is 0 Å². The highest BCUT2D eigenvalue weighted by Crippen LogP contribution is 2.18. The van der Waals surface area contributed by atoms with Crippen LogP contribution in [-0.2, 0) is 11.2 Å². The van der Waals surface area contributed by atoms with Crippen molar-refractivity contribution in [3.8, 4) is 0 Å². The van der Waals surface area contributed by atoms with Gasteiger partial charge in [0.1, 0.15) is 0 Å². The summed E-state index contributed by atoms with van der Waals surface area (Å²) in [6, 6.07) is 15.7. The maximum absolute atomic E-state index is 5.07. The number of fused-ring (bicyclic) bond motifs is 1. The summed E-state index contributed by atoms with van der Waals surface area (Å²) in [6.07, 6.45) is 0.928. The van der Waals surface area contributed by atoms with Crippen molar-refractivity contribution in [3.63, 3.8) is 0 Å². The van der Waals surface area contributed by atoms with Crippen molar-refractivity contribution in [3.05, 3.63) is 48.0 Å². The third-order valence-electron chi connectivity index (χ3n) is 2.36. The molecule has 0 amide bonds. The molecule has 0 saturated heterocycles. The van der Waals surface area contributed by atoms with Gasteiger partial charge in [-0.15, -0.1) is 0 Å². The first-order valence-electron chi connectivity index (χ1n) is 4.79. The first-order chi connectivity index (χ1) is 6.92. The molecule has 0 aliphatic heterocycles. The number of rotatable bonds is 3. The average molecular weight is 185 g/mol. The van der Waals surface area contributed by atoms with E-state index in [0.29, 0.717) is 0 Å². The summed E-state index contributed by atoms with van der Waals surface area (Å²) in [6.45, 7) is 0.754. The number of benzene rings is 2. The zero-order valence-corrected chi connectivity index (χ0v) is 8.29. The Hall–Kier alpha value is -1.34. The largest absolute Gasteiger partial charge is 0.384 e. The molecule has 0 unspecified atom stereocenters. The molecule has 1 radical (unpaired) electrons. The lowest BCUT2D eigenvalue weighted by molar-refractivity contribution is 0.202. The van der Waals surface area contributed by atoms with Crippen LogP contribution in [0.5, 0.6) is 0 Å². The molecule has 0 saturated carbocycles. The Morgan fingerprint density at radius 1 is 1.21 bits per heavy atom. The van der Waals surface area contributed by atoms with Crippen molar-refractivity contribution in [2.45, 2.75) is 6.42 Å². The topological polar surface area (TPSA) is 9.23 Å².